The van der Waals surface area contributed by atoms with E-state index in [0.29, 0.717) is 27.6 Å². The SMILES string of the molecule is COC(=O)c1ccc(Cl)c(Cc2nc3c(C)c(Br)ccc3n2C)c1Cl. The van der Waals surface area contributed by atoms with Crippen molar-refractivity contribution in [2.75, 3.05) is 7.11 Å². The van der Waals surface area contributed by atoms with Crippen LogP contribution in [0.4, 0.5) is 0 Å². The van der Waals surface area contributed by atoms with E-state index in [0.717, 1.165) is 26.9 Å². The van der Waals surface area contributed by atoms with Gasteiger partial charge in [-0.3, -0.25) is 0 Å². The Balaban J connectivity index is 2.12. The maximum atomic E-state index is 11.9. The predicted octanol–water partition coefficient (Wildman–Crippen LogP) is 5.33. The first kappa shape index (κ1) is 18.2. The number of halogens is 3. The smallest absolute Gasteiger partial charge is 0.339 e. The molecule has 3 aromatic rings. The van der Waals surface area contributed by atoms with Gasteiger partial charge in [-0.2, -0.15) is 0 Å². The number of hydrogen-bond acceptors (Lipinski definition) is 3. The van der Waals surface area contributed by atoms with Crippen LogP contribution in [0, 0.1) is 6.92 Å². The molecule has 0 aliphatic carbocycles. The summed E-state index contributed by atoms with van der Waals surface area (Å²) in [7, 11) is 3.27. The normalized spacial score (nSPS) is 11.1. The summed E-state index contributed by atoms with van der Waals surface area (Å²) in [5.74, 6) is 0.315. The average Bonchev–Trinajstić information content (AvgIpc) is 2.91. The van der Waals surface area contributed by atoms with Crippen molar-refractivity contribution in [1.82, 2.24) is 9.55 Å². The zero-order valence-corrected chi connectivity index (χ0v) is 17.0. The second kappa shape index (κ2) is 6.98. The molecule has 0 aliphatic heterocycles. The summed E-state index contributed by atoms with van der Waals surface area (Å²) in [4.78, 5) is 16.6. The van der Waals surface area contributed by atoms with E-state index in [1.54, 1.807) is 12.1 Å². The van der Waals surface area contributed by atoms with Crippen LogP contribution in [0.3, 0.4) is 0 Å². The van der Waals surface area contributed by atoms with Crippen LogP contribution >= 0.6 is 39.1 Å². The zero-order valence-electron chi connectivity index (χ0n) is 13.9. The highest BCUT2D eigenvalue weighted by Crippen LogP contribution is 2.32. The lowest BCUT2D eigenvalue weighted by Crippen LogP contribution is -2.06. The standard InChI is InChI=1S/C18H15BrCl2N2O2/c1-9-12(19)5-7-14-17(9)22-15(23(14)2)8-11-13(20)6-4-10(16(11)21)18(24)25-3/h4-7H,8H2,1-3H3. The van der Waals surface area contributed by atoms with E-state index >= 15 is 0 Å². The van der Waals surface area contributed by atoms with Gasteiger partial charge in [-0.05, 0) is 42.3 Å². The van der Waals surface area contributed by atoms with E-state index < -0.39 is 5.97 Å². The highest BCUT2D eigenvalue weighted by atomic mass is 79.9. The molecule has 0 fully saturated rings. The molecule has 1 heterocycles. The first-order chi connectivity index (χ1) is 11.8. The number of aryl methyl sites for hydroxylation is 2. The number of rotatable bonds is 3. The number of aromatic nitrogens is 2. The second-order valence-corrected chi connectivity index (χ2v) is 7.32. The van der Waals surface area contributed by atoms with E-state index in [-0.39, 0.29) is 0 Å². The summed E-state index contributed by atoms with van der Waals surface area (Å²) in [6.45, 7) is 2.01. The third kappa shape index (κ3) is 3.16. The van der Waals surface area contributed by atoms with Crippen molar-refractivity contribution >= 4 is 56.1 Å². The summed E-state index contributed by atoms with van der Waals surface area (Å²) < 4.78 is 7.78. The fourth-order valence-electron chi connectivity index (χ4n) is 2.76. The maximum Gasteiger partial charge on any atom is 0.339 e. The Kier molecular flexibility index (Phi) is 5.09. The minimum Gasteiger partial charge on any atom is -0.465 e. The van der Waals surface area contributed by atoms with Gasteiger partial charge in [0.25, 0.3) is 0 Å². The van der Waals surface area contributed by atoms with Crippen molar-refractivity contribution in [3.05, 3.63) is 61.3 Å². The zero-order chi connectivity index (χ0) is 18.3. The molecule has 0 unspecified atom stereocenters. The number of benzene rings is 2. The number of ether oxygens (including phenoxy) is 1. The largest absolute Gasteiger partial charge is 0.465 e. The minimum atomic E-state index is -0.493. The first-order valence-corrected chi connectivity index (χ1v) is 9.05. The summed E-state index contributed by atoms with van der Waals surface area (Å²) >= 11 is 16.3. The van der Waals surface area contributed by atoms with Gasteiger partial charge in [-0.25, -0.2) is 9.78 Å². The molecule has 0 aliphatic rings. The number of imidazole rings is 1. The van der Waals surface area contributed by atoms with Crippen LogP contribution in [0.25, 0.3) is 11.0 Å². The molecular formula is C18H15BrCl2N2O2. The van der Waals surface area contributed by atoms with Gasteiger partial charge in [0.05, 0.1) is 28.7 Å². The van der Waals surface area contributed by atoms with Crippen molar-refractivity contribution in [3.8, 4) is 0 Å². The monoisotopic (exact) mass is 440 g/mol. The quantitative estimate of drug-likeness (QED) is 0.516. The van der Waals surface area contributed by atoms with Gasteiger partial charge >= 0.3 is 5.97 Å². The Hall–Kier alpha value is -1.56. The fourth-order valence-corrected chi connectivity index (χ4v) is 3.66. The Morgan fingerprint density at radius 2 is 2.00 bits per heavy atom. The molecule has 1 aromatic heterocycles. The highest BCUT2D eigenvalue weighted by Gasteiger charge is 2.19. The fraction of sp³-hybridized carbons (Fsp3) is 0.222. The highest BCUT2D eigenvalue weighted by molar-refractivity contribution is 9.10. The molecule has 0 atom stereocenters. The molecule has 0 bridgehead atoms. The van der Waals surface area contributed by atoms with Crippen LogP contribution in [0.15, 0.2) is 28.7 Å². The first-order valence-electron chi connectivity index (χ1n) is 7.50. The number of nitrogens with zero attached hydrogens (tertiary/aromatic N) is 2. The van der Waals surface area contributed by atoms with E-state index in [1.807, 2.05) is 30.7 Å². The van der Waals surface area contributed by atoms with Crippen molar-refractivity contribution in [1.29, 1.82) is 0 Å². The van der Waals surface area contributed by atoms with E-state index in [9.17, 15) is 4.79 Å². The maximum absolute atomic E-state index is 11.9. The molecule has 130 valence electrons. The van der Waals surface area contributed by atoms with Crippen LogP contribution in [-0.4, -0.2) is 22.6 Å². The van der Waals surface area contributed by atoms with Gasteiger partial charge in [-0.15, -0.1) is 0 Å². The lowest BCUT2D eigenvalue weighted by Gasteiger charge is -2.10. The topological polar surface area (TPSA) is 44.1 Å². The second-order valence-electron chi connectivity index (χ2n) is 5.68. The minimum absolute atomic E-state index is 0.293. The van der Waals surface area contributed by atoms with E-state index in [4.69, 9.17) is 32.9 Å². The molecule has 4 nitrogen and oxygen atoms in total. The summed E-state index contributed by atoms with van der Waals surface area (Å²) in [5.41, 5.74) is 3.96. The van der Waals surface area contributed by atoms with E-state index in [1.165, 1.54) is 7.11 Å². The number of hydrogen-bond donors (Lipinski definition) is 0. The van der Waals surface area contributed by atoms with E-state index in [2.05, 4.69) is 15.9 Å². The lowest BCUT2D eigenvalue weighted by molar-refractivity contribution is 0.0601. The Labute approximate surface area is 163 Å². The van der Waals surface area contributed by atoms with Gasteiger partial charge in [0.15, 0.2) is 0 Å². The molecule has 3 rings (SSSR count). The predicted molar refractivity (Wildman–Crippen MR) is 104 cm³/mol. The summed E-state index contributed by atoms with van der Waals surface area (Å²) in [5, 5.41) is 0.784. The van der Waals surface area contributed by atoms with Gasteiger partial charge in [0.2, 0.25) is 0 Å². The van der Waals surface area contributed by atoms with Crippen molar-refractivity contribution in [2.45, 2.75) is 13.3 Å². The third-order valence-electron chi connectivity index (χ3n) is 4.26. The molecule has 2 aromatic carbocycles. The number of carbonyl (C=O) groups is 1. The number of esters is 1. The molecular weight excluding hydrogens is 427 g/mol. The van der Waals surface area contributed by atoms with Crippen LogP contribution in [-0.2, 0) is 18.2 Å². The van der Waals surface area contributed by atoms with Gasteiger partial charge in [0.1, 0.15) is 5.82 Å². The molecule has 0 N–H and O–H groups in total. The van der Waals surface area contributed by atoms with Crippen LogP contribution in [0.1, 0.15) is 27.3 Å². The van der Waals surface area contributed by atoms with Crippen LogP contribution in [0.5, 0.6) is 0 Å². The molecule has 7 heteroatoms. The summed E-state index contributed by atoms with van der Waals surface area (Å²) in [6.07, 6.45) is 0.407. The molecule has 0 saturated carbocycles. The van der Waals surface area contributed by atoms with Crippen molar-refractivity contribution < 1.29 is 9.53 Å². The van der Waals surface area contributed by atoms with Gasteiger partial charge in [0, 0.05) is 23.0 Å². The third-order valence-corrected chi connectivity index (χ3v) is 5.90. The van der Waals surface area contributed by atoms with Gasteiger partial charge in [-0.1, -0.05) is 39.1 Å². The van der Waals surface area contributed by atoms with Crippen molar-refractivity contribution in [3.63, 3.8) is 0 Å². The lowest BCUT2D eigenvalue weighted by atomic mass is 10.1. The molecule has 0 radical (unpaired) electrons. The van der Waals surface area contributed by atoms with Crippen molar-refractivity contribution in [2.24, 2.45) is 7.05 Å². The number of carbonyl (C=O) groups excluding carboxylic acids is 1. The van der Waals surface area contributed by atoms with Crippen LogP contribution < -0.4 is 0 Å². The summed E-state index contributed by atoms with van der Waals surface area (Å²) in [6, 6.07) is 7.23. The average molecular weight is 442 g/mol. The Bertz CT molecular complexity index is 999. The van der Waals surface area contributed by atoms with Crippen LogP contribution in [0.2, 0.25) is 10.0 Å². The Morgan fingerprint density at radius 1 is 1.28 bits per heavy atom. The van der Waals surface area contributed by atoms with Gasteiger partial charge < -0.3 is 9.30 Å². The number of fused-ring (bicyclic) bond motifs is 1. The number of methoxy groups -OCH3 is 1. The Morgan fingerprint density at radius 3 is 2.68 bits per heavy atom. The molecule has 25 heavy (non-hydrogen) atoms. The molecule has 0 spiro atoms. The molecule has 0 amide bonds. The molecule has 0 saturated heterocycles.